The number of aromatic nitrogens is 2. The molecule has 1 aliphatic rings. The van der Waals surface area contributed by atoms with E-state index in [1.54, 1.807) is 0 Å². The number of nitrogens with two attached hydrogens (primary N) is 1. The van der Waals surface area contributed by atoms with Crippen LogP contribution in [0.2, 0.25) is 0 Å². The molecule has 1 aromatic carbocycles. The van der Waals surface area contributed by atoms with Gasteiger partial charge in [0.2, 0.25) is 0 Å². The normalized spacial score (nSPS) is 23.3. The van der Waals surface area contributed by atoms with Gasteiger partial charge in [0.15, 0.2) is 0 Å². The topological polar surface area (TPSA) is 53.1 Å². The highest BCUT2D eigenvalue weighted by atomic mass is 16.5. The average Bonchev–Trinajstić information content (AvgIpc) is 2.94. The fourth-order valence-electron chi connectivity index (χ4n) is 2.92. The number of hydrogen-bond donors (Lipinski definition) is 1. The molecule has 102 valence electrons. The predicted molar refractivity (Wildman–Crippen MR) is 77.0 cm³/mol. The molecule has 0 bridgehead atoms. The minimum Gasteiger partial charge on any atom is -0.399 e. The minimum atomic E-state index is 0.343. The second-order valence-corrected chi connectivity index (χ2v) is 5.37. The Morgan fingerprint density at radius 3 is 3.00 bits per heavy atom. The summed E-state index contributed by atoms with van der Waals surface area (Å²) >= 11 is 0. The fourth-order valence-corrected chi connectivity index (χ4v) is 2.92. The van der Waals surface area contributed by atoms with E-state index in [1.165, 1.54) is 5.52 Å². The minimum absolute atomic E-state index is 0.343. The lowest BCUT2D eigenvalue weighted by atomic mass is 10.0. The SMILES string of the molecule is CCc1nc2cc(N)ccc2n1CC1CCOC1C. The van der Waals surface area contributed by atoms with Gasteiger partial charge in [-0.25, -0.2) is 4.98 Å². The molecule has 1 saturated heterocycles. The Kier molecular flexibility index (Phi) is 3.19. The lowest BCUT2D eigenvalue weighted by Crippen LogP contribution is -2.19. The molecule has 2 aromatic rings. The van der Waals surface area contributed by atoms with E-state index in [0.717, 1.165) is 43.0 Å². The molecule has 2 atom stereocenters. The summed E-state index contributed by atoms with van der Waals surface area (Å²) in [5.74, 6) is 1.72. The molecule has 0 aliphatic carbocycles. The summed E-state index contributed by atoms with van der Waals surface area (Å²) in [7, 11) is 0. The van der Waals surface area contributed by atoms with Crippen LogP contribution < -0.4 is 5.73 Å². The van der Waals surface area contributed by atoms with Gasteiger partial charge in [0.05, 0.1) is 17.1 Å². The third-order valence-electron chi connectivity index (χ3n) is 4.12. The lowest BCUT2D eigenvalue weighted by molar-refractivity contribution is 0.102. The molecule has 0 amide bonds. The summed E-state index contributed by atoms with van der Waals surface area (Å²) in [5, 5.41) is 0. The van der Waals surface area contributed by atoms with E-state index in [1.807, 2.05) is 12.1 Å². The van der Waals surface area contributed by atoms with Crippen LogP contribution >= 0.6 is 0 Å². The molecule has 1 aliphatic heterocycles. The molecule has 4 heteroatoms. The van der Waals surface area contributed by atoms with E-state index in [2.05, 4.69) is 24.5 Å². The smallest absolute Gasteiger partial charge is 0.109 e. The maximum absolute atomic E-state index is 5.84. The van der Waals surface area contributed by atoms with Crippen molar-refractivity contribution >= 4 is 16.7 Å². The van der Waals surface area contributed by atoms with Crippen LogP contribution in [0.5, 0.6) is 0 Å². The van der Waals surface area contributed by atoms with Gasteiger partial charge in [0, 0.05) is 31.2 Å². The van der Waals surface area contributed by atoms with Crippen molar-refractivity contribution in [1.82, 2.24) is 9.55 Å². The Bertz CT molecular complexity index is 590. The first kappa shape index (κ1) is 12.5. The monoisotopic (exact) mass is 259 g/mol. The van der Waals surface area contributed by atoms with Crippen molar-refractivity contribution in [1.29, 1.82) is 0 Å². The average molecular weight is 259 g/mol. The first-order valence-corrected chi connectivity index (χ1v) is 7.05. The zero-order valence-corrected chi connectivity index (χ0v) is 11.6. The van der Waals surface area contributed by atoms with Crippen molar-refractivity contribution in [3.63, 3.8) is 0 Å². The van der Waals surface area contributed by atoms with Crippen molar-refractivity contribution in [3.05, 3.63) is 24.0 Å². The van der Waals surface area contributed by atoms with E-state index in [-0.39, 0.29) is 0 Å². The second-order valence-electron chi connectivity index (χ2n) is 5.37. The number of aryl methyl sites for hydroxylation is 1. The molecule has 2 heterocycles. The first-order chi connectivity index (χ1) is 9.19. The molecule has 1 aromatic heterocycles. The molecular weight excluding hydrogens is 238 g/mol. The van der Waals surface area contributed by atoms with E-state index in [4.69, 9.17) is 15.5 Å². The van der Waals surface area contributed by atoms with Crippen LogP contribution in [-0.2, 0) is 17.7 Å². The van der Waals surface area contributed by atoms with Crippen molar-refractivity contribution in [2.75, 3.05) is 12.3 Å². The number of ether oxygens (including phenoxy) is 1. The standard InChI is InChI=1S/C15H21N3O/c1-3-15-17-13-8-12(16)4-5-14(13)18(15)9-11-6-7-19-10(11)2/h4-5,8,10-11H,3,6-7,9,16H2,1-2H3. The highest BCUT2D eigenvalue weighted by molar-refractivity contribution is 5.79. The van der Waals surface area contributed by atoms with Crippen molar-refractivity contribution in [3.8, 4) is 0 Å². The van der Waals surface area contributed by atoms with E-state index in [9.17, 15) is 0 Å². The summed E-state index contributed by atoms with van der Waals surface area (Å²) in [4.78, 5) is 4.70. The molecule has 0 radical (unpaired) electrons. The zero-order chi connectivity index (χ0) is 13.4. The lowest BCUT2D eigenvalue weighted by Gasteiger charge is -2.17. The largest absolute Gasteiger partial charge is 0.399 e. The number of nitrogen functional groups attached to an aromatic ring is 1. The molecular formula is C15H21N3O. The maximum Gasteiger partial charge on any atom is 0.109 e. The molecule has 4 nitrogen and oxygen atoms in total. The van der Waals surface area contributed by atoms with Gasteiger partial charge in [-0.3, -0.25) is 0 Å². The number of hydrogen-bond acceptors (Lipinski definition) is 3. The first-order valence-electron chi connectivity index (χ1n) is 7.05. The highest BCUT2D eigenvalue weighted by Gasteiger charge is 2.25. The van der Waals surface area contributed by atoms with Crippen molar-refractivity contribution in [2.24, 2.45) is 5.92 Å². The van der Waals surface area contributed by atoms with Crippen LogP contribution in [0, 0.1) is 5.92 Å². The molecule has 2 unspecified atom stereocenters. The van der Waals surface area contributed by atoms with Crippen molar-refractivity contribution in [2.45, 2.75) is 39.3 Å². The van der Waals surface area contributed by atoms with Crippen LogP contribution in [0.3, 0.4) is 0 Å². The number of anilines is 1. The highest BCUT2D eigenvalue weighted by Crippen LogP contribution is 2.26. The molecule has 0 saturated carbocycles. The van der Waals surface area contributed by atoms with Gasteiger partial charge in [0.1, 0.15) is 5.82 Å². The van der Waals surface area contributed by atoms with E-state index >= 15 is 0 Å². The quantitative estimate of drug-likeness (QED) is 0.862. The summed E-state index contributed by atoms with van der Waals surface area (Å²) in [6.07, 6.45) is 2.42. The molecule has 0 spiro atoms. The number of rotatable bonds is 3. The number of fused-ring (bicyclic) bond motifs is 1. The number of imidazole rings is 1. The molecule has 1 fully saturated rings. The van der Waals surface area contributed by atoms with Crippen LogP contribution in [0.15, 0.2) is 18.2 Å². The van der Waals surface area contributed by atoms with Gasteiger partial charge in [0.25, 0.3) is 0 Å². The fraction of sp³-hybridized carbons (Fsp3) is 0.533. The zero-order valence-electron chi connectivity index (χ0n) is 11.6. The van der Waals surface area contributed by atoms with Gasteiger partial charge >= 0.3 is 0 Å². The summed E-state index contributed by atoms with van der Waals surface area (Å²) in [6.45, 7) is 6.19. The molecule has 19 heavy (non-hydrogen) atoms. The number of nitrogens with zero attached hydrogens (tertiary/aromatic N) is 2. The molecule has 2 N–H and O–H groups in total. The van der Waals surface area contributed by atoms with Crippen LogP contribution in [-0.4, -0.2) is 22.3 Å². The number of benzene rings is 1. The Morgan fingerprint density at radius 1 is 1.47 bits per heavy atom. The Hall–Kier alpha value is -1.55. The van der Waals surface area contributed by atoms with Crippen molar-refractivity contribution < 1.29 is 4.74 Å². The van der Waals surface area contributed by atoms with Crippen LogP contribution in [0.4, 0.5) is 5.69 Å². The van der Waals surface area contributed by atoms with Crippen LogP contribution in [0.25, 0.3) is 11.0 Å². The Morgan fingerprint density at radius 2 is 2.32 bits per heavy atom. The summed E-state index contributed by atoms with van der Waals surface area (Å²) < 4.78 is 8.00. The van der Waals surface area contributed by atoms with Crippen LogP contribution in [0.1, 0.15) is 26.1 Å². The van der Waals surface area contributed by atoms with Gasteiger partial charge < -0.3 is 15.0 Å². The summed E-state index contributed by atoms with van der Waals surface area (Å²) in [6, 6.07) is 5.99. The van der Waals surface area contributed by atoms with Gasteiger partial charge in [-0.2, -0.15) is 0 Å². The van der Waals surface area contributed by atoms with Gasteiger partial charge in [-0.1, -0.05) is 6.92 Å². The Labute approximate surface area is 113 Å². The third-order valence-corrected chi connectivity index (χ3v) is 4.12. The Balaban J connectivity index is 2.00. The predicted octanol–water partition coefficient (Wildman–Crippen LogP) is 2.61. The summed E-state index contributed by atoms with van der Waals surface area (Å²) in [5.41, 5.74) is 8.80. The van der Waals surface area contributed by atoms with E-state index in [0.29, 0.717) is 12.0 Å². The second kappa shape index (κ2) is 4.85. The maximum atomic E-state index is 5.84. The van der Waals surface area contributed by atoms with E-state index < -0.39 is 0 Å². The van der Waals surface area contributed by atoms with Gasteiger partial charge in [-0.15, -0.1) is 0 Å². The molecule has 3 rings (SSSR count). The van der Waals surface area contributed by atoms with Gasteiger partial charge in [-0.05, 0) is 31.5 Å². The third kappa shape index (κ3) is 2.21.